The Hall–Kier alpha value is -2.50. The summed E-state index contributed by atoms with van der Waals surface area (Å²) in [5, 5.41) is 0.294. The highest BCUT2D eigenvalue weighted by Gasteiger charge is 2.31. The summed E-state index contributed by atoms with van der Waals surface area (Å²) >= 11 is 0. The van der Waals surface area contributed by atoms with E-state index in [1.807, 2.05) is 0 Å². The van der Waals surface area contributed by atoms with Crippen LogP contribution in [0.1, 0.15) is 19.6 Å². The van der Waals surface area contributed by atoms with E-state index in [0.29, 0.717) is 16.9 Å². The van der Waals surface area contributed by atoms with Gasteiger partial charge in [0.1, 0.15) is 33.6 Å². The van der Waals surface area contributed by atoms with E-state index in [4.69, 9.17) is 19.6 Å². The average Bonchev–Trinajstić information content (AvgIpc) is 2.45. The molecule has 1 aromatic carbocycles. The lowest BCUT2D eigenvalue weighted by molar-refractivity contribution is -0.122. The summed E-state index contributed by atoms with van der Waals surface area (Å²) in [4.78, 5) is 23.8. The molecule has 6 heteroatoms. The van der Waals surface area contributed by atoms with Crippen molar-refractivity contribution in [2.45, 2.75) is 19.3 Å². The van der Waals surface area contributed by atoms with Crippen LogP contribution < -0.4 is 20.6 Å². The SMILES string of the molecule is COc1cc(OC)c2c(=O)cc(C(C)(C)C(N)=O)oc2c1. The first-order valence-corrected chi connectivity index (χ1v) is 6.31. The quantitative estimate of drug-likeness (QED) is 0.923. The fourth-order valence-corrected chi connectivity index (χ4v) is 1.94. The Bertz CT molecular complexity index is 760. The topological polar surface area (TPSA) is 91.8 Å². The number of carbonyl (C=O) groups is 1. The standard InChI is InChI=1S/C15H17NO5/c1-15(2,14(16)18)12-7-9(17)13-10(20-4)5-8(19-3)6-11(13)21-12/h5-7H,1-4H3,(H2,16,18). The van der Waals surface area contributed by atoms with Crippen molar-refractivity contribution in [3.8, 4) is 11.5 Å². The Morgan fingerprint density at radius 3 is 2.38 bits per heavy atom. The molecule has 0 radical (unpaired) electrons. The molecular formula is C15H17NO5. The summed E-state index contributed by atoms with van der Waals surface area (Å²) in [5.41, 5.74) is 4.24. The minimum Gasteiger partial charge on any atom is -0.496 e. The smallest absolute Gasteiger partial charge is 0.230 e. The lowest BCUT2D eigenvalue weighted by Gasteiger charge is -2.19. The van der Waals surface area contributed by atoms with Gasteiger partial charge in [-0.05, 0) is 13.8 Å². The Morgan fingerprint density at radius 1 is 1.19 bits per heavy atom. The van der Waals surface area contributed by atoms with Gasteiger partial charge in [0.25, 0.3) is 0 Å². The Labute approximate surface area is 121 Å². The molecule has 1 heterocycles. The second kappa shape index (κ2) is 5.12. The molecule has 2 N–H and O–H groups in total. The summed E-state index contributed by atoms with van der Waals surface area (Å²) in [6.45, 7) is 3.19. The summed E-state index contributed by atoms with van der Waals surface area (Å²) in [7, 11) is 2.95. The van der Waals surface area contributed by atoms with Crippen LogP contribution in [-0.4, -0.2) is 20.1 Å². The number of fused-ring (bicyclic) bond motifs is 1. The third kappa shape index (κ3) is 2.44. The minimum absolute atomic E-state index is 0.197. The van der Waals surface area contributed by atoms with Crippen molar-refractivity contribution in [1.29, 1.82) is 0 Å². The molecule has 0 aliphatic rings. The van der Waals surface area contributed by atoms with Crippen molar-refractivity contribution in [2.24, 2.45) is 5.73 Å². The maximum Gasteiger partial charge on any atom is 0.230 e. The van der Waals surface area contributed by atoms with Gasteiger partial charge < -0.3 is 19.6 Å². The zero-order chi connectivity index (χ0) is 15.8. The van der Waals surface area contributed by atoms with Crippen LogP contribution in [0.25, 0.3) is 11.0 Å². The second-order valence-electron chi connectivity index (χ2n) is 5.17. The molecule has 21 heavy (non-hydrogen) atoms. The van der Waals surface area contributed by atoms with Crippen LogP contribution in [0, 0.1) is 0 Å². The van der Waals surface area contributed by atoms with Gasteiger partial charge in [-0.25, -0.2) is 0 Å². The first-order valence-electron chi connectivity index (χ1n) is 6.31. The normalized spacial score (nSPS) is 11.4. The second-order valence-corrected chi connectivity index (χ2v) is 5.17. The van der Waals surface area contributed by atoms with Crippen LogP contribution >= 0.6 is 0 Å². The van der Waals surface area contributed by atoms with Gasteiger partial charge >= 0.3 is 0 Å². The number of primary amides is 1. The number of hydrogen-bond acceptors (Lipinski definition) is 5. The van der Waals surface area contributed by atoms with E-state index >= 15 is 0 Å². The number of hydrogen-bond donors (Lipinski definition) is 1. The van der Waals surface area contributed by atoms with Crippen LogP contribution in [0.15, 0.2) is 27.4 Å². The third-order valence-corrected chi connectivity index (χ3v) is 3.46. The van der Waals surface area contributed by atoms with Gasteiger partial charge in [0.05, 0.1) is 14.2 Å². The Balaban J connectivity index is 2.82. The highest BCUT2D eigenvalue weighted by molar-refractivity contribution is 5.88. The van der Waals surface area contributed by atoms with Crippen molar-refractivity contribution in [3.63, 3.8) is 0 Å². The molecule has 6 nitrogen and oxygen atoms in total. The minimum atomic E-state index is -1.09. The molecule has 0 saturated carbocycles. The van der Waals surface area contributed by atoms with Crippen LogP contribution in [0.4, 0.5) is 0 Å². The number of methoxy groups -OCH3 is 2. The highest BCUT2D eigenvalue weighted by atomic mass is 16.5. The molecular weight excluding hydrogens is 274 g/mol. The third-order valence-electron chi connectivity index (χ3n) is 3.46. The lowest BCUT2D eigenvalue weighted by atomic mass is 9.89. The van der Waals surface area contributed by atoms with E-state index < -0.39 is 11.3 Å². The maximum absolute atomic E-state index is 12.3. The number of carbonyl (C=O) groups excluding carboxylic acids is 1. The average molecular weight is 291 g/mol. The van der Waals surface area contributed by atoms with Crippen molar-refractivity contribution in [1.82, 2.24) is 0 Å². The fraction of sp³-hybridized carbons (Fsp3) is 0.333. The van der Waals surface area contributed by atoms with E-state index in [-0.39, 0.29) is 16.8 Å². The summed E-state index contributed by atoms with van der Waals surface area (Å²) < 4.78 is 16.0. The largest absolute Gasteiger partial charge is 0.496 e. The predicted molar refractivity (Wildman–Crippen MR) is 77.8 cm³/mol. The molecule has 1 aromatic heterocycles. The molecule has 0 spiro atoms. The number of ether oxygens (including phenoxy) is 2. The van der Waals surface area contributed by atoms with Gasteiger partial charge in [0.15, 0.2) is 5.43 Å². The van der Waals surface area contributed by atoms with Crippen LogP contribution in [0.3, 0.4) is 0 Å². The van der Waals surface area contributed by atoms with Crippen molar-refractivity contribution < 1.29 is 18.7 Å². The van der Waals surface area contributed by atoms with Gasteiger partial charge in [-0.15, -0.1) is 0 Å². The number of rotatable bonds is 4. The van der Waals surface area contributed by atoms with E-state index in [1.54, 1.807) is 26.0 Å². The number of amides is 1. The summed E-state index contributed by atoms with van der Waals surface area (Å²) in [5.74, 6) is 0.445. The van der Waals surface area contributed by atoms with Crippen molar-refractivity contribution in [2.75, 3.05) is 14.2 Å². The maximum atomic E-state index is 12.3. The predicted octanol–water partition coefficient (Wildman–Crippen LogP) is 1.57. The summed E-state index contributed by atoms with van der Waals surface area (Å²) in [6, 6.07) is 4.43. The zero-order valence-electron chi connectivity index (χ0n) is 12.4. The van der Waals surface area contributed by atoms with Gasteiger partial charge in [-0.1, -0.05) is 0 Å². The molecule has 0 aliphatic carbocycles. The molecule has 0 bridgehead atoms. The molecule has 0 saturated heterocycles. The fourth-order valence-electron chi connectivity index (χ4n) is 1.94. The lowest BCUT2D eigenvalue weighted by Crippen LogP contribution is -2.36. The summed E-state index contributed by atoms with van der Waals surface area (Å²) in [6.07, 6.45) is 0. The van der Waals surface area contributed by atoms with Gasteiger partial charge in [0, 0.05) is 18.2 Å². The van der Waals surface area contributed by atoms with Gasteiger partial charge in [-0.3, -0.25) is 9.59 Å². The Morgan fingerprint density at radius 2 is 1.86 bits per heavy atom. The van der Waals surface area contributed by atoms with Crippen LogP contribution in [0.5, 0.6) is 11.5 Å². The highest BCUT2D eigenvalue weighted by Crippen LogP contribution is 2.32. The molecule has 2 aromatic rings. The van der Waals surface area contributed by atoms with E-state index in [0.717, 1.165) is 0 Å². The molecule has 2 rings (SSSR count). The molecule has 0 atom stereocenters. The van der Waals surface area contributed by atoms with E-state index in [1.165, 1.54) is 20.3 Å². The van der Waals surface area contributed by atoms with E-state index in [2.05, 4.69) is 0 Å². The van der Waals surface area contributed by atoms with Crippen LogP contribution in [0.2, 0.25) is 0 Å². The van der Waals surface area contributed by atoms with E-state index in [9.17, 15) is 9.59 Å². The van der Waals surface area contributed by atoms with Crippen molar-refractivity contribution >= 4 is 16.9 Å². The van der Waals surface area contributed by atoms with Gasteiger partial charge in [0.2, 0.25) is 5.91 Å². The molecule has 112 valence electrons. The molecule has 0 aliphatic heterocycles. The first kappa shape index (κ1) is 14.9. The molecule has 1 amide bonds. The van der Waals surface area contributed by atoms with Gasteiger partial charge in [-0.2, -0.15) is 0 Å². The zero-order valence-corrected chi connectivity index (χ0v) is 12.4. The number of nitrogens with two attached hydrogens (primary N) is 1. The van der Waals surface area contributed by atoms with Crippen LogP contribution in [-0.2, 0) is 10.2 Å². The Kier molecular flexibility index (Phi) is 3.63. The monoisotopic (exact) mass is 291 g/mol. The number of benzene rings is 1. The van der Waals surface area contributed by atoms with Crippen molar-refractivity contribution in [3.05, 3.63) is 34.2 Å². The molecule has 0 fully saturated rings. The first-order chi connectivity index (χ1) is 9.81. The molecule has 0 unspecified atom stereocenters.